The highest BCUT2D eigenvalue weighted by Gasteiger charge is 2.21. The first kappa shape index (κ1) is 16.7. The second-order valence-corrected chi connectivity index (χ2v) is 6.63. The third kappa shape index (κ3) is 4.01. The van der Waals surface area contributed by atoms with Gasteiger partial charge in [-0.2, -0.15) is 0 Å². The number of hydrogen-bond acceptors (Lipinski definition) is 3. The first-order valence-corrected chi connectivity index (χ1v) is 8.62. The van der Waals surface area contributed by atoms with Crippen molar-refractivity contribution in [2.75, 3.05) is 19.6 Å². The van der Waals surface area contributed by atoms with Crippen molar-refractivity contribution in [3.63, 3.8) is 0 Å². The lowest BCUT2D eigenvalue weighted by molar-refractivity contribution is -0.122. The van der Waals surface area contributed by atoms with Crippen molar-refractivity contribution in [2.45, 2.75) is 32.7 Å². The van der Waals surface area contributed by atoms with Gasteiger partial charge in [0.2, 0.25) is 5.91 Å². The van der Waals surface area contributed by atoms with Crippen LogP contribution in [-0.4, -0.2) is 35.4 Å². The number of carbonyl (C=O) groups excluding carboxylic acids is 1. The molecule has 4 nitrogen and oxygen atoms in total. The van der Waals surface area contributed by atoms with Gasteiger partial charge >= 0.3 is 0 Å². The van der Waals surface area contributed by atoms with E-state index in [1.807, 2.05) is 18.3 Å². The molecule has 1 aliphatic rings. The smallest absolute Gasteiger partial charge is 0.234 e. The number of likely N-dealkylation sites (tertiary alicyclic amines) is 1. The molecular weight excluding hydrogens is 298 g/mol. The summed E-state index contributed by atoms with van der Waals surface area (Å²) in [4.78, 5) is 19.0. The SMILES string of the molecule is Cc1ccc(C)c([C@H](NC(=O)CN2CCCC2)c2cccnc2)c1. The minimum Gasteiger partial charge on any atom is -0.344 e. The van der Waals surface area contributed by atoms with Gasteiger partial charge in [0.25, 0.3) is 0 Å². The van der Waals surface area contributed by atoms with Crippen molar-refractivity contribution in [1.82, 2.24) is 15.2 Å². The lowest BCUT2D eigenvalue weighted by Gasteiger charge is -2.23. The molecule has 24 heavy (non-hydrogen) atoms. The second-order valence-electron chi connectivity index (χ2n) is 6.63. The largest absolute Gasteiger partial charge is 0.344 e. The first-order chi connectivity index (χ1) is 11.6. The molecule has 0 bridgehead atoms. The monoisotopic (exact) mass is 323 g/mol. The van der Waals surface area contributed by atoms with E-state index in [0.29, 0.717) is 6.54 Å². The molecule has 1 N–H and O–H groups in total. The Bertz CT molecular complexity index is 693. The van der Waals surface area contributed by atoms with E-state index in [9.17, 15) is 4.79 Å². The fourth-order valence-corrected chi connectivity index (χ4v) is 3.31. The molecule has 0 saturated carbocycles. The molecule has 1 atom stereocenters. The van der Waals surface area contributed by atoms with Crippen molar-refractivity contribution < 1.29 is 4.79 Å². The summed E-state index contributed by atoms with van der Waals surface area (Å²) in [6, 6.07) is 10.2. The summed E-state index contributed by atoms with van der Waals surface area (Å²) in [7, 11) is 0. The molecule has 2 aromatic rings. The van der Waals surface area contributed by atoms with E-state index in [2.05, 4.69) is 47.2 Å². The highest BCUT2D eigenvalue weighted by Crippen LogP contribution is 2.25. The van der Waals surface area contributed by atoms with Gasteiger partial charge in [0.15, 0.2) is 0 Å². The van der Waals surface area contributed by atoms with Crippen LogP contribution in [0.25, 0.3) is 0 Å². The number of pyridine rings is 1. The molecule has 1 aliphatic heterocycles. The third-order valence-corrected chi connectivity index (χ3v) is 4.63. The predicted molar refractivity (Wildman–Crippen MR) is 95.8 cm³/mol. The first-order valence-electron chi connectivity index (χ1n) is 8.62. The summed E-state index contributed by atoms with van der Waals surface area (Å²) in [5.74, 6) is 0.0756. The van der Waals surface area contributed by atoms with Crippen LogP contribution in [-0.2, 0) is 4.79 Å². The zero-order chi connectivity index (χ0) is 16.9. The van der Waals surface area contributed by atoms with Crippen LogP contribution in [0.2, 0.25) is 0 Å². The van der Waals surface area contributed by atoms with Crippen LogP contribution in [0.3, 0.4) is 0 Å². The van der Waals surface area contributed by atoms with Crippen molar-refractivity contribution in [1.29, 1.82) is 0 Å². The molecule has 126 valence electrons. The van der Waals surface area contributed by atoms with Gasteiger partial charge in [-0.25, -0.2) is 0 Å². The number of benzene rings is 1. The van der Waals surface area contributed by atoms with E-state index in [4.69, 9.17) is 0 Å². The fourth-order valence-electron chi connectivity index (χ4n) is 3.31. The molecule has 0 aliphatic carbocycles. The molecule has 1 amide bonds. The summed E-state index contributed by atoms with van der Waals surface area (Å²) >= 11 is 0. The Morgan fingerprint density at radius 1 is 1.25 bits per heavy atom. The Kier molecular flexibility index (Phi) is 5.26. The van der Waals surface area contributed by atoms with Crippen molar-refractivity contribution in [2.24, 2.45) is 0 Å². The number of amides is 1. The Balaban J connectivity index is 1.85. The lowest BCUT2D eigenvalue weighted by atomic mass is 9.94. The Morgan fingerprint density at radius 3 is 2.75 bits per heavy atom. The zero-order valence-electron chi connectivity index (χ0n) is 14.5. The van der Waals surface area contributed by atoms with E-state index in [-0.39, 0.29) is 11.9 Å². The number of nitrogens with one attached hydrogen (secondary N) is 1. The maximum absolute atomic E-state index is 12.6. The van der Waals surface area contributed by atoms with Crippen molar-refractivity contribution >= 4 is 5.91 Å². The van der Waals surface area contributed by atoms with Gasteiger partial charge in [0.05, 0.1) is 12.6 Å². The highest BCUT2D eigenvalue weighted by molar-refractivity contribution is 5.79. The summed E-state index contributed by atoms with van der Waals surface area (Å²) in [5, 5.41) is 3.22. The van der Waals surface area contributed by atoms with Gasteiger partial charge in [-0.3, -0.25) is 14.7 Å². The summed E-state index contributed by atoms with van der Waals surface area (Å²) in [6.45, 7) is 6.69. The van der Waals surface area contributed by atoms with Gasteiger partial charge in [0, 0.05) is 12.4 Å². The van der Waals surface area contributed by atoms with Crippen molar-refractivity contribution in [3.05, 3.63) is 65.0 Å². The van der Waals surface area contributed by atoms with E-state index < -0.39 is 0 Å². The van der Waals surface area contributed by atoms with E-state index >= 15 is 0 Å². The van der Waals surface area contributed by atoms with Crippen LogP contribution in [0.5, 0.6) is 0 Å². The van der Waals surface area contributed by atoms with Crippen molar-refractivity contribution in [3.8, 4) is 0 Å². The van der Waals surface area contributed by atoms with E-state index in [0.717, 1.165) is 24.2 Å². The minimum absolute atomic E-state index is 0.0756. The van der Waals surface area contributed by atoms with Gasteiger partial charge < -0.3 is 5.32 Å². The minimum atomic E-state index is -0.159. The van der Waals surface area contributed by atoms with Crippen LogP contribution in [0.4, 0.5) is 0 Å². The normalized spacial score (nSPS) is 16.1. The zero-order valence-corrected chi connectivity index (χ0v) is 14.5. The number of rotatable bonds is 5. The Hall–Kier alpha value is -2.20. The van der Waals surface area contributed by atoms with Crippen LogP contribution in [0.1, 0.15) is 41.1 Å². The van der Waals surface area contributed by atoms with Crippen LogP contribution in [0.15, 0.2) is 42.7 Å². The summed E-state index contributed by atoms with van der Waals surface area (Å²) in [6.07, 6.45) is 5.98. The Morgan fingerprint density at radius 2 is 2.04 bits per heavy atom. The molecule has 1 saturated heterocycles. The van der Waals surface area contributed by atoms with Crippen LogP contribution in [0, 0.1) is 13.8 Å². The summed E-state index contributed by atoms with van der Waals surface area (Å²) < 4.78 is 0. The van der Waals surface area contributed by atoms with Crippen LogP contribution >= 0.6 is 0 Å². The van der Waals surface area contributed by atoms with Gasteiger partial charge in [-0.15, -0.1) is 0 Å². The van der Waals surface area contributed by atoms with E-state index in [1.165, 1.54) is 24.0 Å². The topological polar surface area (TPSA) is 45.2 Å². The molecule has 1 aromatic heterocycles. The molecule has 0 spiro atoms. The van der Waals surface area contributed by atoms with Crippen LogP contribution < -0.4 is 5.32 Å². The maximum atomic E-state index is 12.6. The molecule has 0 radical (unpaired) electrons. The number of carbonyl (C=O) groups is 1. The molecule has 4 heteroatoms. The van der Waals surface area contributed by atoms with E-state index in [1.54, 1.807) is 6.20 Å². The molecular formula is C20H25N3O. The quantitative estimate of drug-likeness (QED) is 0.920. The molecule has 2 heterocycles. The second kappa shape index (κ2) is 7.58. The molecule has 0 unspecified atom stereocenters. The lowest BCUT2D eigenvalue weighted by Crippen LogP contribution is -2.38. The average Bonchev–Trinajstić information content (AvgIpc) is 3.09. The molecule has 1 fully saturated rings. The standard InChI is InChI=1S/C20H25N3O/c1-15-7-8-16(2)18(12-15)20(17-6-5-9-21-13-17)22-19(24)14-23-10-3-4-11-23/h5-9,12-13,20H,3-4,10-11,14H2,1-2H3,(H,22,24)/t20-/m1/s1. The molecule has 1 aromatic carbocycles. The number of nitrogens with zero attached hydrogens (tertiary/aromatic N) is 2. The van der Waals surface area contributed by atoms with Gasteiger partial charge in [0.1, 0.15) is 0 Å². The number of aryl methyl sites for hydroxylation is 2. The fraction of sp³-hybridized carbons (Fsp3) is 0.400. The van der Waals surface area contributed by atoms with Gasteiger partial charge in [-0.1, -0.05) is 29.8 Å². The third-order valence-electron chi connectivity index (χ3n) is 4.63. The maximum Gasteiger partial charge on any atom is 0.234 e. The Labute approximate surface area is 143 Å². The number of aromatic nitrogens is 1. The average molecular weight is 323 g/mol. The highest BCUT2D eigenvalue weighted by atomic mass is 16.2. The number of hydrogen-bond donors (Lipinski definition) is 1. The predicted octanol–water partition coefficient (Wildman–Crippen LogP) is 3.00. The summed E-state index contributed by atoms with van der Waals surface area (Å²) in [5.41, 5.74) is 4.52. The molecule has 3 rings (SSSR count). The van der Waals surface area contributed by atoms with Gasteiger partial charge in [-0.05, 0) is 62.5 Å².